The summed E-state index contributed by atoms with van der Waals surface area (Å²) in [6, 6.07) is -0.222. The van der Waals surface area contributed by atoms with Gasteiger partial charge in [0.25, 0.3) is 0 Å². The smallest absolute Gasteiger partial charge is 0.153 e. The first-order chi connectivity index (χ1) is 9.25. The van der Waals surface area contributed by atoms with E-state index in [0.717, 1.165) is 38.8 Å². The first-order valence-corrected chi connectivity index (χ1v) is 8.25. The number of carbonyl (C=O) groups is 1. The van der Waals surface area contributed by atoms with Gasteiger partial charge >= 0.3 is 0 Å². The van der Waals surface area contributed by atoms with Crippen molar-refractivity contribution in [2.45, 2.75) is 77.2 Å². The second-order valence-electron chi connectivity index (χ2n) is 5.96. The third kappa shape index (κ3) is 7.07. The molecule has 1 rings (SSSR count). The molecule has 0 bridgehead atoms. The molecule has 0 aliphatic carbocycles. The summed E-state index contributed by atoms with van der Waals surface area (Å²) in [5, 5.41) is 3.29. The van der Waals surface area contributed by atoms with Gasteiger partial charge in [-0.1, -0.05) is 51.9 Å². The van der Waals surface area contributed by atoms with Gasteiger partial charge in [-0.2, -0.15) is 0 Å². The molecule has 1 aliphatic rings. The maximum Gasteiger partial charge on any atom is 0.153 e. The van der Waals surface area contributed by atoms with Gasteiger partial charge in [-0.25, -0.2) is 0 Å². The Morgan fingerprint density at radius 1 is 1.21 bits per heavy atom. The number of carbonyl (C=O) groups excluding carboxylic acids is 1. The first-order valence-electron chi connectivity index (χ1n) is 8.25. The summed E-state index contributed by atoms with van der Waals surface area (Å²) in [7, 11) is 0. The molecule has 112 valence electrons. The standard InChI is InChI=1S/C16H32N2O/c1-2-3-4-5-6-7-8-11-15(17)16(19)14-10-9-12-18-13-14/h14-15,18H,2-13,17H2,1H3. The van der Waals surface area contributed by atoms with E-state index in [9.17, 15) is 4.79 Å². The minimum absolute atomic E-state index is 0.174. The zero-order valence-electron chi connectivity index (χ0n) is 12.6. The minimum Gasteiger partial charge on any atom is -0.321 e. The molecule has 1 fully saturated rings. The molecule has 0 aromatic heterocycles. The minimum atomic E-state index is -0.222. The average Bonchev–Trinajstić information content (AvgIpc) is 2.46. The fourth-order valence-electron chi connectivity index (χ4n) is 2.86. The number of Topliss-reactive ketones (excluding diaryl/α,β-unsaturated/α-hetero) is 1. The van der Waals surface area contributed by atoms with Crippen LogP contribution >= 0.6 is 0 Å². The van der Waals surface area contributed by atoms with Crippen LogP contribution in [0.15, 0.2) is 0 Å². The van der Waals surface area contributed by atoms with Gasteiger partial charge in [0.2, 0.25) is 0 Å². The second-order valence-corrected chi connectivity index (χ2v) is 5.96. The monoisotopic (exact) mass is 268 g/mol. The van der Waals surface area contributed by atoms with Crippen molar-refractivity contribution < 1.29 is 4.79 Å². The molecule has 0 spiro atoms. The van der Waals surface area contributed by atoms with Crippen LogP contribution in [0.2, 0.25) is 0 Å². The number of piperidine rings is 1. The van der Waals surface area contributed by atoms with Crippen LogP contribution in [-0.2, 0) is 4.79 Å². The van der Waals surface area contributed by atoms with Crippen molar-refractivity contribution in [3.05, 3.63) is 0 Å². The van der Waals surface area contributed by atoms with Gasteiger partial charge in [0.05, 0.1) is 6.04 Å². The largest absolute Gasteiger partial charge is 0.321 e. The molecule has 0 saturated carbocycles. The number of nitrogens with two attached hydrogens (primary N) is 1. The summed E-state index contributed by atoms with van der Waals surface area (Å²) >= 11 is 0. The number of hydrogen-bond donors (Lipinski definition) is 2. The zero-order chi connectivity index (χ0) is 13.9. The lowest BCUT2D eigenvalue weighted by Gasteiger charge is -2.24. The Labute approximate surface area is 118 Å². The molecule has 3 heteroatoms. The van der Waals surface area contributed by atoms with Crippen LogP contribution in [0.5, 0.6) is 0 Å². The van der Waals surface area contributed by atoms with Crippen LogP contribution in [0, 0.1) is 5.92 Å². The molecular formula is C16H32N2O. The van der Waals surface area contributed by atoms with Crippen LogP contribution < -0.4 is 11.1 Å². The lowest BCUT2D eigenvalue weighted by atomic mass is 9.89. The predicted octanol–water partition coefficient (Wildman–Crippen LogP) is 3.02. The first kappa shape index (κ1) is 16.6. The van der Waals surface area contributed by atoms with Crippen molar-refractivity contribution in [1.29, 1.82) is 0 Å². The van der Waals surface area contributed by atoms with Gasteiger partial charge in [0.1, 0.15) is 0 Å². The number of nitrogens with one attached hydrogen (secondary N) is 1. The van der Waals surface area contributed by atoms with Crippen LogP contribution in [0.1, 0.15) is 71.1 Å². The van der Waals surface area contributed by atoms with E-state index in [4.69, 9.17) is 5.73 Å². The van der Waals surface area contributed by atoms with E-state index in [2.05, 4.69) is 12.2 Å². The van der Waals surface area contributed by atoms with Crippen molar-refractivity contribution in [2.75, 3.05) is 13.1 Å². The molecule has 0 aromatic carbocycles. The van der Waals surface area contributed by atoms with Crippen molar-refractivity contribution in [3.63, 3.8) is 0 Å². The fraction of sp³-hybridized carbons (Fsp3) is 0.938. The predicted molar refractivity (Wildman–Crippen MR) is 81.2 cm³/mol. The Bertz CT molecular complexity index is 237. The van der Waals surface area contributed by atoms with E-state index < -0.39 is 0 Å². The van der Waals surface area contributed by atoms with Gasteiger partial charge in [0, 0.05) is 12.5 Å². The molecule has 1 saturated heterocycles. The van der Waals surface area contributed by atoms with E-state index in [1.165, 1.54) is 38.5 Å². The molecule has 2 unspecified atom stereocenters. The van der Waals surface area contributed by atoms with Crippen LogP contribution in [0.3, 0.4) is 0 Å². The molecule has 3 N–H and O–H groups in total. The quantitative estimate of drug-likeness (QED) is 0.599. The van der Waals surface area contributed by atoms with Gasteiger partial charge in [0.15, 0.2) is 5.78 Å². The molecule has 1 aliphatic heterocycles. The van der Waals surface area contributed by atoms with E-state index in [-0.39, 0.29) is 17.7 Å². The molecular weight excluding hydrogens is 236 g/mol. The van der Waals surface area contributed by atoms with E-state index >= 15 is 0 Å². The van der Waals surface area contributed by atoms with Crippen LogP contribution in [0.4, 0.5) is 0 Å². The fourth-order valence-corrected chi connectivity index (χ4v) is 2.86. The molecule has 19 heavy (non-hydrogen) atoms. The lowest BCUT2D eigenvalue weighted by Crippen LogP contribution is -2.42. The molecule has 1 heterocycles. The van der Waals surface area contributed by atoms with Gasteiger partial charge in [-0.05, 0) is 25.8 Å². The number of rotatable bonds is 10. The van der Waals surface area contributed by atoms with Crippen molar-refractivity contribution in [1.82, 2.24) is 5.32 Å². The number of ketones is 1. The third-order valence-electron chi connectivity index (χ3n) is 4.18. The molecule has 3 nitrogen and oxygen atoms in total. The number of hydrogen-bond acceptors (Lipinski definition) is 3. The summed E-state index contributed by atoms with van der Waals surface area (Å²) in [5.74, 6) is 0.464. The highest BCUT2D eigenvalue weighted by molar-refractivity contribution is 5.86. The maximum atomic E-state index is 12.1. The third-order valence-corrected chi connectivity index (χ3v) is 4.18. The lowest BCUT2D eigenvalue weighted by molar-refractivity contribution is -0.124. The summed E-state index contributed by atoms with van der Waals surface area (Å²) in [5.41, 5.74) is 6.03. The van der Waals surface area contributed by atoms with Crippen molar-refractivity contribution >= 4 is 5.78 Å². The highest BCUT2D eigenvalue weighted by atomic mass is 16.1. The van der Waals surface area contributed by atoms with Crippen molar-refractivity contribution in [2.24, 2.45) is 11.7 Å². The second kappa shape index (κ2) is 10.4. The highest BCUT2D eigenvalue weighted by Gasteiger charge is 2.25. The Morgan fingerprint density at radius 2 is 1.89 bits per heavy atom. The maximum absolute atomic E-state index is 12.1. The summed E-state index contributed by atoms with van der Waals surface area (Å²) in [6.07, 6.45) is 12.0. The molecule has 0 radical (unpaired) electrons. The molecule has 2 atom stereocenters. The van der Waals surface area contributed by atoms with Gasteiger partial charge in [-0.15, -0.1) is 0 Å². The Kier molecular flexibility index (Phi) is 9.10. The molecule has 0 aromatic rings. The van der Waals surface area contributed by atoms with Crippen molar-refractivity contribution in [3.8, 4) is 0 Å². The van der Waals surface area contributed by atoms with E-state index in [1.54, 1.807) is 0 Å². The van der Waals surface area contributed by atoms with Gasteiger partial charge in [-0.3, -0.25) is 4.79 Å². The summed E-state index contributed by atoms with van der Waals surface area (Å²) in [6.45, 7) is 4.13. The number of unbranched alkanes of at least 4 members (excludes halogenated alkanes) is 6. The SMILES string of the molecule is CCCCCCCCCC(N)C(=O)C1CCCNC1. The normalized spacial score (nSPS) is 21.3. The van der Waals surface area contributed by atoms with E-state index in [1.807, 2.05) is 0 Å². The van der Waals surface area contributed by atoms with E-state index in [0.29, 0.717) is 0 Å². The Balaban J connectivity index is 2.03. The van der Waals surface area contributed by atoms with Crippen LogP contribution in [0.25, 0.3) is 0 Å². The summed E-state index contributed by atoms with van der Waals surface area (Å²) in [4.78, 5) is 12.1. The highest BCUT2D eigenvalue weighted by Crippen LogP contribution is 2.15. The average molecular weight is 268 g/mol. The van der Waals surface area contributed by atoms with Crippen LogP contribution in [-0.4, -0.2) is 24.9 Å². The topological polar surface area (TPSA) is 55.1 Å². The zero-order valence-corrected chi connectivity index (χ0v) is 12.6. The Hall–Kier alpha value is -0.410. The van der Waals surface area contributed by atoms with Gasteiger partial charge < -0.3 is 11.1 Å². The molecule has 0 amide bonds. The Morgan fingerprint density at radius 3 is 2.53 bits per heavy atom. The summed E-state index contributed by atoms with van der Waals surface area (Å²) < 4.78 is 0.